The van der Waals surface area contributed by atoms with Gasteiger partial charge in [-0.1, -0.05) is 12.0 Å². The fourth-order valence-corrected chi connectivity index (χ4v) is 2.51. The van der Waals surface area contributed by atoms with Crippen LogP contribution in [0, 0.1) is 11.8 Å². The molecule has 3 nitrogen and oxygen atoms in total. The Labute approximate surface area is 131 Å². The van der Waals surface area contributed by atoms with E-state index in [1.807, 2.05) is 42.5 Å². The summed E-state index contributed by atoms with van der Waals surface area (Å²) in [5.41, 5.74) is 1.76. The van der Waals surface area contributed by atoms with Crippen molar-refractivity contribution in [1.29, 1.82) is 0 Å². The lowest BCUT2D eigenvalue weighted by Gasteiger charge is -2.14. The largest absolute Gasteiger partial charge is 0.492 e. The van der Waals surface area contributed by atoms with Crippen molar-refractivity contribution in [3.8, 4) is 17.6 Å². The van der Waals surface area contributed by atoms with Crippen molar-refractivity contribution in [3.63, 3.8) is 0 Å². The summed E-state index contributed by atoms with van der Waals surface area (Å²) in [6.07, 6.45) is 4.40. The minimum Gasteiger partial charge on any atom is -0.492 e. The fraction of sp³-hybridized carbons (Fsp3) is 0.316. The van der Waals surface area contributed by atoms with E-state index < -0.39 is 0 Å². The second-order valence-corrected chi connectivity index (χ2v) is 5.39. The zero-order valence-corrected chi connectivity index (χ0v) is 12.7. The first kappa shape index (κ1) is 14.6. The Morgan fingerprint density at radius 1 is 1.00 bits per heavy atom. The molecule has 0 N–H and O–H groups in total. The van der Waals surface area contributed by atoms with Gasteiger partial charge in [0.15, 0.2) is 0 Å². The highest BCUT2D eigenvalue weighted by atomic mass is 16.5. The van der Waals surface area contributed by atoms with Crippen LogP contribution in [0.2, 0.25) is 0 Å². The lowest BCUT2D eigenvalue weighted by Crippen LogP contribution is -2.25. The second-order valence-electron chi connectivity index (χ2n) is 5.39. The van der Waals surface area contributed by atoms with E-state index in [2.05, 4.69) is 21.7 Å². The summed E-state index contributed by atoms with van der Waals surface area (Å²) >= 11 is 0. The van der Waals surface area contributed by atoms with Crippen molar-refractivity contribution in [2.24, 2.45) is 0 Å². The molecule has 3 rings (SSSR count). The van der Waals surface area contributed by atoms with E-state index in [4.69, 9.17) is 4.74 Å². The summed E-state index contributed by atoms with van der Waals surface area (Å²) in [5, 5.41) is 0. The molecule has 1 saturated heterocycles. The zero-order chi connectivity index (χ0) is 15.0. The van der Waals surface area contributed by atoms with Gasteiger partial charge in [0.1, 0.15) is 18.1 Å². The minimum atomic E-state index is 0.749. The SMILES string of the molecule is C(#Cc1ccccn1)c1ccc(OCCN2CCCC2)cc1. The number of rotatable bonds is 4. The molecule has 0 aliphatic carbocycles. The number of aromatic nitrogens is 1. The molecule has 0 atom stereocenters. The highest BCUT2D eigenvalue weighted by Crippen LogP contribution is 2.12. The number of nitrogens with zero attached hydrogens (tertiary/aromatic N) is 2. The molecule has 1 aromatic carbocycles. The maximum atomic E-state index is 5.78. The quantitative estimate of drug-likeness (QED) is 0.810. The molecule has 0 saturated carbocycles. The third kappa shape index (κ3) is 4.34. The molecule has 0 spiro atoms. The van der Waals surface area contributed by atoms with Gasteiger partial charge >= 0.3 is 0 Å². The van der Waals surface area contributed by atoms with Crippen LogP contribution in [0.25, 0.3) is 0 Å². The van der Waals surface area contributed by atoms with Crippen LogP contribution in [0.5, 0.6) is 5.75 Å². The number of hydrogen-bond donors (Lipinski definition) is 0. The molecule has 1 aromatic heterocycles. The summed E-state index contributed by atoms with van der Waals surface area (Å²) in [6.45, 7) is 4.19. The van der Waals surface area contributed by atoms with Crippen LogP contribution in [-0.4, -0.2) is 36.1 Å². The molecular weight excluding hydrogens is 272 g/mol. The Hall–Kier alpha value is -2.31. The molecule has 0 bridgehead atoms. The van der Waals surface area contributed by atoms with Gasteiger partial charge in [0.05, 0.1) is 0 Å². The number of pyridine rings is 1. The lowest BCUT2D eigenvalue weighted by atomic mass is 10.2. The Morgan fingerprint density at radius 3 is 2.55 bits per heavy atom. The molecule has 1 fully saturated rings. The van der Waals surface area contributed by atoms with E-state index in [1.165, 1.54) is 25.9 Å². The molecule has 2 aromatic rings. The van der Waals surface area contributed by atoms with Gasteiger partial charge < -0.3 is 4.74 Å². The van der Waals surface area contributed by atoms with Gasteiger partial charge in [-0.25, -0.2) is 4.98 Å². The molecule has 1 aliphatic rings. The van der Waals surface area contributed by atoms with E-state index >= 15 is 0 Å². The first-order valence-electron chi connectivity index (χ1n) is 7.78. The molecule has 0 radical (unpaired) electrons. The third-order valence-corrected chi connectivity index (χ3v) is 3.73. The van der Waals surface area contributed by atoms with Crippen molar-refractivity contribution >= 4 is 0 Å². The van der Waals surface area contributed by atoms with Crippen molar-refractivity contribution in [2.45, 2.75) is 12.8 Å². The summed E-state index contributed by atoms with van der Waals surface area (Å²) in [7, 11) is 0. The molecular formula is C19H20N2O. The van der Waals surface area contributed by atoms with Crippen molar-refractivity contribution < 1.29 is 4.74 Å². The summed E-state index contributed by atoms with van der Waals surface area (Å²) in [6, 6.07) is 13.7. The maximum absolute atomic E-state index is 5.78. The van der Waals surface area contributed by atoms with Crippen LogP contribution in [0.1, 0.15) is 24.1 Å². The predicted molar refractivity (Wildman–Crippen MR) is 87.8 cm³/mol. The summed E-state index contributed by atoms with van der Waals surface area (Å²) in [4.78, 5) is 6.64. The predicted octanol–water partition coefficient (Wildman–Crippen LogP) is 2.96. The van der Waals surface area contributed by atoms with E-state index in [0.717, 1.165) is 30.2 Å². The van der Waals surface area contributed by atoms with Crippen LogP contribution in [0.3, 0.4) is 0 Å². The molecule has 0 amide bonds. The van der Waals surface area contributed by atoms with E-state index in [0.29, 0.717) is 0 Å². The van der Waals surface area contributed by atoms with E-state index in [1.54, 1.807) is 6.20 Å². The monoisotopic (exact) mass is 292 g/mol. The van der Waals surface area contributed by atoms with E-state index in [-0.39, 0.29) is 0 Å². The molecule has 2 heterocycles. The highest BCUT2D eigenvalue weighted by Gasteiger charge is 2.10. The van der Waals surface area contributed by atoms with E-state index in [9.17, 15) is 0 Å². The summed E-state index contributed by atoms with van der Waals surface area (Å²) < 4.78 is 5.78. The van der Waals surface area contributed by atoms with Gasteiger partial charge in [-0.2, -0.15) is 0 Å². The average molecular weight is 292 g/mol. The molecule has 22 heavy (non-hydrogen) atoms. The fourth-order valence-electron chi connectivity index (χ4n) is 2.51. The highest BCUT2D eigenvalue weighted by molar-refractivity contribution is 5.42. The molecule has 1 aliphatic heterocycles. The van der Waals surface area contributed by atoms with Crippen molar-refractivity contribution in [2.75, 3.05) is 26.2 Å². The second kappa shape index (κ2) is 7.63. The van der Waals surface area contributed by atoms with Gasteiger partial charge in [0.2, 0.25) is 0 Å². The summed E-state index contributed by atoms with van der Waals surface area (Å²) in [5.74, 6) is 7.07. The molecule has 0 unspecified atom stereocenters. The van der Waals surface area contributed by atoms with Gasteiger partial charge in [-0.15, -0.1) is 0 Å². The number of hydrogen-bond acceptors (Lipinski definition) is 3. The Morgan fingerprint density at radius 2 is 1.82 bits per heavy atom. The smallest absolute Gasteiger partial charge is 0.119 e. The Balaban J connectivity index is 1.51. The number of likely N-dealkylation sites (tertiary alicyclic amines) is 1. The standard InChI is InChI=1S/C19H20N2O/c1-2-12-20-18(5-1)9-6-17-7-10-19(11-8-17)22-16-15-21-13-3-4-14-21/h1-2,5,7-8,10-12H,3-4,13-16H2. The first-order chi connectivity index (χ1) is 10.9. The molecule has 112 valence electrons. The first-order valence-corrected chi connectivity index (χ1v) is 7.78. The molecule has 3 heteroatoms. The van der Waals surface area contributed by atoms with Gasteiger partial charge in [0.25, 0.3) is 0 Å². The van der Waals surface area contributed by atoms with Gasteiger partial charge in [-0.3, -0.25) is 4.90 Å². The topological polar surface area (TPSA) is 25.4 Å². The van der Waals surface area contributed by atoms with Crippen LogP contribution in [-0.2, 0) is 0 Å². The number of ether oxygens (including phenoxy) is 1. The Kier molecular flexibility index (Phi) is 5.07. The number of benzene rings is 1. The van der Waals surface area contributed by atoms with Crippen molar-refractivity contribution in [3.05, 3.63) is 59.9 Å². The third-order valence-electron chi connectivity index (χ3n) is 3.73. The normalized spacial score (nSPS) is 14.4. The van der Waals surface area contributed by atoms with Crippen LogP contribution >= 0.6 is 0 Å². The van der Waals surface area contributed by atoms with Crippen LogP contribution < -0.4 is 4.74 Å². The lowest BCUT2D eigenvalue weighted by molar-refractivity contribution is 0.238. The van der Waals surface area contributed by atoms with Crippen LogP contribution in [0.15, 0.2) is 48.7 Å². The Bertz CT molecular complexity index is 635. The zero-order valence-electron chi connectivity index (χ0n) is 12.7. The van der Waals surface area contributed by atoms with Gasteiger partial charge in [0, 0.05) is 18.3 Å². The van der Waals surface area contributed by atoms with Crippen molar-refractivity contribution in [1.82, 2.24) is 9.88 Å². The van der Waals surface area contributed by atoms with Crippen LogP contribution in [0.4, 0.5) is 0 Å². The minimum absolute atomic E-state index is 0.749. The van der Waals surface area contributed by atoms with Gasteiger partial charge in [-0.05, 0) is 68.2 Å². The average Bonchev–Trinajstić information content (AvgIpc) is 3.08. The maximum Gasteiger partial charge on any atom is 0.119 e.